The van der Waals surface area contributed by atoms with E-state index in [2.05, 4.69) is 9.88 Å². The maximum Gasteiger partial charge on any atom is 0.254 e. The Morgan fingerprint density at radius 3 is 2.56 bits per heavy atom. The number of fused-ring (bicyclic) bond motifs is 1. The number of aromatic nitrogens is 1. The fourth-order valence-electron chi connectivity index (χ4n) is 3.24. The van der Waals surface area contributed by atoms with Crippen LogP contribution in [0.1, 0.15) is 10.4 Å². The van der Waals surface area contributed by atoms with Crippen molar-refractivity contribution in [2.24, 2.45) is 0 Å². The third-order valence-corrected chi connectivity index (χ3v) is 5.89. The number of para-hydroxylation sites is 1. The van der Waals surface area contributed by atoms with Gasteiger partial charge < -0.3 is 14.7 Å². The van der Waals surface area contributed by atoms with Crippen molar-refractivity contribution in [3.63, 3.8) is 0 Å². The molecule has 0 unspecified atom stereocenters. The van der Waals surface area contributed by atoms with Crippen LogP contribution in [0.25, 0.3) is 10.2 Å². The molecule has 4 rings (SSSR count). The summed E-state index contributed by atoms with van der Waals surface area (Å²) < 4.78 is 14.7. The molecule has 0 N–H and O–H groups in total. The Balaban J connectivity index is 1.46. The van der Waals surface area contributed by atoms with Crippen molar-refractivity contribution in [2.45, 2.75) is 0 Å². The van der Waals surface area contributed by atoms with E-state index in [0.717, 1.165) is 15.5 Å². The van der Waals surface area contributed by atoms with Gasteiger partial charge in [-0.25, -0.2) is 9.37 Å². The van der Waals surface area contributed by atoms with E-state index in [9.17, 15) is 9.18 Å². The Labute approximate surface area is 161 Å². The fourth-order valence-corrected chi connectivity index (χ4v) is 4.27. The largest absolute Gasteiger partial charge is 0.378 e. The van der Waals surface area contributed by atoms with E-state index in [4.69, 9.17) is 0 Å². The Kier molecular flexibility index (Phi) is 4.70. The monoisotopic (exact) mass is 384 g/mol. The van der Waals surface area contributed by atoms with Crippen LogP contribution in [0.2, 0.25) is 0 Å². The second-order valence-electron chi connectivity index (χ2n) is 6.81. The summed E-state index contributed by atoms with van der Waals surface area (Å²) in [5, 5.41) is 0.816. The van der Waals surface area contributed by atoms with Gasteiger partial charge in [0.25, 0.3) is 5.91 Å². The highest BCUT2D eigenvalue weighted by Gasteiger charge is 2.24. The highest BCUT2D eigenvalue weighted by atomic mass is 32.1. The van der Waals surface area contributed by atoms with Crippen LogP contribution in [-0.2, 0) is 0 Å². The molecule has 2 heterocycles. The van der Waals surface area contributed by atoms with Gasteiger partial charge in [0.2, 0.25) is 0 Å². The van der Waals surface area contributed by atoms with Gasteiger partial charge in [0.15, 0.2) is 5.13 Å². The molecule has 0 saturated carbocycles. The zero-order chi connectivity index (χ0) is 19.0. The molecule has 1 saturated heterocycles. The number of nitrogens with zero attached hydrogens (tertiary/aromatic N) is 4. The third-order valence-electron chi connectivity index (χ3n) is 4.81. The summed E-state index contributed by atoms with van der Waals surface area (Å²) in [4.78, 5) is 23.3. The number of thiazole rings is 1. The van der Waals surface area contributed by atoms with Crippen molar-refractivity contribution in [3.05, 3.63) is 53.8 Å². The summed E-state index contributed by atoms with van der Waals surface area (Å²) in [7, 11) is 3.92. The van der Waals surface area contributed by atoms with Crippen molar-refractivity contribution in [1.82, 2.24) is 9.88 Å². The summed E-state index contributed by atoms with van der Waals surface area (Å²) in [6.07, 6.45) is 0. The number of anilines is 2. The van der Waals surface area contributed by atoms with E-state index in [1.807, 2.05) is 54.2 Å². The number of carbonyl (C=O) groups is 1. The SMILES string of the molecule is CN(C)c1cccc(C(=O)N2CCN(c3nc4c(F)cccc4s3)CC2)c1. The van der Waals surface area contributed by atoms with E-state index in [-0.39, 0.29) is 11.7 Å². The number of halogens is 1. The van der Waals surface area contributed by atoms with Crippen molar-refractivity contribution in [1.29, 1.82) is 0 Å². The van der Waals surface area contributed by atoms with Gasteiger partial charge in [-0.15, -0.1) is 0 Å². The zero-order valence-corrected chi connectivity index (χ0v) is 16.2. The van der Waals surface area contributed by atoms with Crippen LogP contribution < -0.4 is 9.80 Å². The predicted molar refractivity (Wildman–Crippen MR) is 108 cm³/mol. The lowest BCUT2D eigenvalue weighted by atomic mass is 10.1. The molecule has 1 aliphatic heterocycles. The molecule has 1 fully saturated rings. The summed E-state index contributed by atoms with van der Waals surface area (Å²) in [6, 6.07) is 12.7. The Bertz CT molecular complexity index is 979. The van der Waals surface area contributed by atoms with E-state index >= 15 is 0 Å². The summed E-state index contributed by atoms with van der Waals surface area (Å²) in [6.45, 7) is 2.65. The third kappa shape index (κ3) is 3.47. The van der Waals surface area contributed by atoms with Crippen LogP contribution in [0, 0.1) is 5.82 Å². The Hall–Kier alpha value is -2.67. The van der Waals surface area contributed by atoms with E-state index in [1.165, 1.54) is 17.4 Å². The molecule has 7 heteroatoms. The molecule has 0 atom stereocenters. The first kappa shape index (κ1) is 17.7. The molecule has 0 aliphatic carbocycles. The van der Waals surface area contributed by atoms with Crippen LogP contribution >= 0.6 is 11.3 Å². The molecular weight excluding hydrogens is 363 g/mol. The highest BCUT2D eigenvalue weighted by Crippen LogP contribution is 2.30. The lowest BCUT2D eigenvalue weighted by Gasteiger charge is -2.34. The molecule has 5 nitrogen and oxygen atoms in total. The minimum atomic E-state index is -0.287. The number of piperazine rings is 1. The van der Waals surface area contributed by atoms with Gasteiger partial charge >= 0.3 is 0 Å². The second-order valence-corrected chi connectivity index (χ2v) is 7.82. The fraction of sp³-hybridized carbons (Fsp3) is 0.300. The molecule has 27 heavy (non-hydrogen) atoms. The first-order valence-electron chi connectivity index (χ1n) is 8.89. The number of rotatable bonds is 3. The first-order valence-corrected chi connectivity index (χ1v) is 9.71. The molecule has 2 aromatic carbocycles. The minimum Gasteiger partial charge on any atom is -0.378 e. The topological polar surface area (TPSA) is 39.7 Å². The standard InChI is InChI=1S/C20H21FN4OS/c1-23(2)15-6-3-5-14(13-15)19(26)24-9-11-25(12-10-24)20-22-18-16(21)7-4-8-17(18)27-20/h3-8,13H,9-12H2,1-2H3. The molecule has 0 radical (unpaired) electrons. The van der Waals surface area contributed by atoms with Crippen LogP contribution in [0.4, 0.5) is 15.2 Å². The number of amides is 1. The van der Waals surface area contributed by atoms with Gasteiger partial charge in [0.1, 0.15) is 11.3 Å². The number of hydrogen-bond donors (Lipinski definition) is 0. The van der Waals surface area contributed by atoms with Gasteiger partial charge in [0.05, 0.1) is 4.70 Å². The smallest absolute Gasteiger partial charge is 0.254 e. The van der Waals surface area contributed by atoms with Gasteiger partial charge in [-0.05, 0) is 30.3 Å². The van der Waals surface area contributed by atoms with Crippen LogP contribution in [0.5, 0.6) is 0 Å². The van der Waals surface area contributed by atoms with Crippen molar-refractivity contribution in [2.75, 3.05) is 50.1 Å². The molecule has 1 aliphatic rings. The molecule has 140 valence electrons. The lowest BCUT2D eigenvalue weighted by molar-refractivity contribution is 0.0747. The van der Waals surface area contributed by atoms with Gasteiger partial charge in [-0.1, -0.05) is 23.5 Å². The number of benzene rings is 2. The van der Waals surface area contributed by atoms with Crippen molar-refractivity contribution >= 4 is 38.3 Å². The zero-order valence-electron chi connectivity index (χ0n) is 15.4. The normalized spacial score (nSPS) is 14.6. The quantitative estimate of drug-likeness (QED) is 0.693. The van der Waals surface area contributed by atoms with E-state index in [0.29, 0.717) is 37.3 Å². The van der Waals surface area contributed by atoms with E-state index in [1.54, 1.807) is 6.07 Å². The van der Waals surface area contributed by atoms with Crippen molar-refractivity contribution < 1.29 is 9.18 Å². The Morgan fingerprint density at radius 1 is 1.11 bits per heavy atom. The minimum absolute atomic E-state index is 0.0497. The molecule has 0 bridgehead atoms. The molecule has 1 amide bonds. The maximum absolute atomic E-state index is 13.9. The molecule has 1 aromatic heterocycles. The summed E-state index contributed by atoms with van der Waals surface area (Å²) >= 11 is 1.49. The molecule has 3 aromatic rings. The number of carbonyl (C=O) groups excluding carboxylic acids is 1. The second kappa shape index (κ2) is 7.15. The van der Waals surface area contributed by atoms with Gasteiger partial charge in [0, 0.05) is 51.5 Å². The lowest BCUT2D eigenvalue weighted by Crippen LogP contribution is -2.48. The molecular formula is C20H21FN4OS. The van der Waals surface area contributed by atoms with Gasteiger partial charge in [-0.3, -0.25) is 4.79 Å². The van der Waals surface area contributed by atoms with Crippen molar-refractivity contribution in [3.8, 4) is 0 Å². The average molecular weight is 384 g/mol. The average Bonchev–Trinajstić information content (AvgIpc) is 3.13. The summed E-state index contributed by atoms with van der Waals surface area (Å²) in [5.41, 5.74) is 2.14. The van der Waals surface area contributed by atoms with Crippen LogP contribution in [-0.4, -0.2) is 56.1 Å². The Morgan fingerprint density at radius 2 is 1.85 bits per heavy atom. The predicted octanol–water partition coefficient (Wildman–Crippen LogP) is 3.46. The highest BCUT2D eigenvalue weighted by molar-refractivity contribution is 7.22. The van der Waals surface area contributed by atoms with E-state index < -0.39 is 0 Å². The number of hydrogen-bond acceptors (Lipinski definition) is 5. The maximum atomic E-state index is 13.9. The van der Waals surface area contributed by atoms with Gasteiger partial charge in [-0.2, -0.15) is 0 Å². The molecule has 0 spiro atoms. The first-order chi connectivity index (χ1) is 13.0. The van der Waals surface area contributed by atoms with Crippen LogP contribution in [0.15, 0.2) is 42.5 Å². The van der Waals surface area contributed by atoms with Crippen LogP contribution in [0.3, 0.4) is 0 Å². The summed E-state index contributed by atoms with van der Waals surface area (Å²) in [5.74, 6) is -0.238.